The lowest BCUT2D eigenvalue weighted by Gasteiger charge is -1.55. The van der Waals surface area contributed by atoms with E-state index in [1.54, 1.807) is 0 Å². The molecule has 0 aliphatic heterocycles. The molecule has 0 radical (unpaired) electrons. The summed E-state index contributed by atoms with van der Waals surface area (Å²) in [6.07, 6.45) is 0. The Labute approximate surface area is 45.9 Å². The van der Waals surface area contributed by atoms with Crippen LogP contribution in [0.5, 0.6) is 0 Å². The maximum Gasteiger partial charge on any atom is 0.762 e. The summed E-state index contributed by atoms with van der Waals surface area (Å²) >= 11 is 5.00. The molecule has 0 fully saturated rings. The molecule has 0 aliphatic carbocycles. The molecule has 44 valence electrons. The SMILES string of the molecule is CCCl.FB(F)F. The van der Waals surface area contributed by atoms with Crippen LogP contribution in [0.4, 0.5) is 12.9 Å². The van der Waals surface area contributed by atoms with Gasteiger partial charge in [-0.1, -0.05) is 6.92 Å². The topological polar surface area (TPSA) is 0 Å². The summed E-state index contributed by atoms with van der Waals surface area (Å²) in [6, 6.07) is 0. The molecule has 0 aliphatic rings. The molecule has 0 aromatic rings. The van der Waals surface area contributed by atoms with E-state index in [2.05, 4.69) is 0 Å². The third-order valence-corrected chi connectivity index (χ3v) is 0. The van der Waals surface area contributed by atoms with Crippen molar-refractivity contribution in [1.82, 2.24) is 0 Å². The molecule has 0 N–H and O–H groups in total. The lowest BCUT2D eigenvalue weighted by Crippen LogP contribution is -1.76. The summed E-state index contributed by atoms with van der Waals surface area (Å²) in [5.41, 5.74) is 0. The maximum atomic E-state index is 9.67. The molecule has 0 rings (SSSR count). The van der Waals surface area contributed by atoms with Gasteiger partial charge < -0.3 is 0 Å². The van der Waals surface area contributed by atoms with Crippen LogP contribution in [0, 0.1) is 0 Å². The highest BCUT2D eigenvalue weighted by molar-refractivity contribution is 6.33. The van der Waals surface area contributed by atoms with Crippen LogP contribution in [0.15, 0.2) is 0 Å². The molecule has 0 aromatic heterocycles. The quantitative estimate of drug-likeness (QED) is 0.350. The third kappa shape index (κ3) is 5030. The highest BCUT2D eigenvalue weighted by atomic mass is 35.5. The van der Waals surface area contributed by atoms with Crippen LogP contribution in [-0.2, 0) is 0 Å². The van der Waals surface area contributed by atoms with Crippen molar-refractivity contribution in [3.63, 3.8) is 0 Å². The smallest absolute Gasteiger partial charge is 0.254 e. The van der Waals surface area contributed by atoms with E-state index in [-0.39, 0.29) is 0 Å². The van der Waals surface area contributed by atoms with E-state index in [1.165, 1.54) is 0 Å². The number of hydrogen-bond donors (Lipinski definition) is 0. The van der Waals surface area contributed by atoms with Gasteiger partial charge in [-0.2, -0.15) is 0 Å². The first-order valence-electron chi connectivity index (χ1n) is 1.63. The number of alkyl halides is 1. The zero-order valence-electron chi connectivity index (χ0n) is 3.80. The van der Waals surface area contributed by atoms with Gasteiger partial charge in [-0.15, -0.1) is 11.6 Å². The molecular formula is C2H5BClF3. The highest BCUT2D eigenvalue weighted by Crippen LogP contribution is 1.80. The van der Waals surface area contributed by atoms with Crippen LogP contribution in [0.25, 0.3) is 0 Å². The van der Waals surface area contributed by atoms with Crippen LogP contribution < -0.4 is 0 Å². The van der Waals surface area contributed by atoms with Crippen LogP contribution >= 0.6 is 11.6 Å². The van der Waals surface area contributed by atoms with E-state index in [0.29, 0.717) is 0 Å². The summed E-state index contributed by atoms with van der Waals surface area (Å²) in [6.45, 7) is 1.89. The Morgan fingerprint density at radius 3 is 1.43 bits per heavy atom. The molecule has 0 atom stereocenters. The molecule has 5 heteroatoms. The first kappa shape index (κ1) is 10.2. The standard InChI is InChI=1S/C2H5Cl.BF3/c1-2-3;2-1(3)4/h2H2,1H3;. The van der Waals surface area contributed by atoms with E-state index in [4.69, 9.17) is 11.6 Å². The molecule has 0 saturated heterocycles. The second kappa shape index (κ2) is 9.47. The van der Waals surface area contributed by atoms with Crippen LogP contribution in [-0.4, -0.2) is 13.4 Å². The Morgan fingerprint density at radius 1 is 1.43 bits per heavy atom. The summed E-state index contributed by atoms with van der Waals surface area (Å²) < 4.78 is 29.0. The Balaban J connectivity index is 0. The van der Waals surface area contributed by atoms with Crippen molar-refractivity contribution in [3.8, 4) is 0 Å². The minimum atomic E-state index is -3.67. The summed E-state index contributed by atoms with van der Waals surface area (Å²) in [5.74, 6) is 0.722. The minimum Gasteiger partial charge on any atom is -0.254 e. The molecule has 0 heterocycles. The van der Waals surface area contributed by atoms with E-state index >= 15 is 0 Å². The average molecular weight is 132 g/mol. The zero-order chi connectivity index (χ0) is 6.28. The molecular weight excluding hydrogens is 127 g/mol. The van der Waals surface area contributed by atoms with Crippen LogP contribution in [0.2, 0.25) is 0 Å². The van der Waals surface area contributed by atoms with E-state index in [1.807, 2.05) is 6.92 Å². The number of rotatable bonds is 0. The highest BCUT2D eigenvalue weighted by Gasteiger charge is 2.06. The van der Waals surface area contributed by atoms with Gasteiger partial charge in [-0.05, 0) is 0 Å². The van der Waals surface area contributed by atoms with Gasteiger partial charge in [-0.25, -0.2) is 0 Å². The predicted octanol–water partition coefficient (Wildman–Crippen LogP) is 2.12. The summed E-state index contributed by atoms with van der Waals surface area (Å²) in [4.78, 5) is 0. The van der Waals surface area contributed by atoms with Crippen molar-refractivity contribution in [1.29, 1.82) is 0 Å². The van der Waals surface area contributed by atoms with E-state index in [9.17, 15) is 12.9 Å². The van der Waals surface area contributed by atoms with Crippen molar-refractivity contribution < 1.29 is 12.9 Å². The number of halogens is 4. The minimum absolute atomic E-state index is 0.722. The van der Waals surface area contributed by atoms with Crippen LogP contribution in [0.1, 0.15) is 6.92 Å². The molecule has 0 unspecified atom stereocenters. The second-order valence-corrected chi connectivity index (χ2v) is 1.05. The Kier molecular flexibility index (Phi) is 13.8. The molecule has 0 nitrogen and oxygen atoms in total. The molecule has 0 spiro atoms. The summed E-state index contributed by atoms with van der Waals surface area (Å²) in [7, 11) is -3.67. The molecule has 7 heavy (non-hydrogen) atoms. The summed E-state index contributed by atoms with van der Waals surface area (Å²) in [5, 5.41) is 0. The van der Waals surface area contributed by atoms with Gasteiger partial charge in [0.15, 0.2) is 0 Å². The van der Waals surface area contributed by atoms with Gasteiger partial charge >= 0.3 is 7.54 Å². The zero-order valence-corrected chi connectivity index (χ0v) is 4.55. The van der Waals surface area contributed by atoms with E-state index < -0.39 is 7.54 Å². The fourth-order valence-electron chi connectivity index (χ4n) is 0. The first-order valence-corrected chi connectivity index (χ1v) is 2.16. The lowest BCUT2D eigenvalue weighted by molar-refractivity contribution is 0.535. The molecule has 0 aromatic carbocycles. The van der Waals surface area contributed by atoms with Crippen molar-refractivity contribution >= 4 is 19.1 Å². The Morgan fingerprint density at radius 2 is 1.43 bits per heavy atom. The van der Waals surface area contributed by atoms with Gasteiger partial charge in [0, 0.05) is 5.88 Å². The fraction of sp³-hybridized carbons (Fsp3) is 1.00. The van der Waals surface area contributed by atoms with Gasteiger partial charge in [-0.3, -0.25) is 12.9 Å². The van der Waals surface area contributed by atoms with Crippen molar-refractivity contribution in [2.75, 3.05) is 5.88 Å². The predicted molar refractivity (Wildman–Crippen MR) is 25.5 cm³/mol. The Hall–Kier alpha value is 0.145. The molecule has 0 saturated carbocycles. The third-order valence-electron chi connectivity index (χ3n) is 0. The second-order valence-electron chi connectivity index (χ2n) is 0.515. The van der Waals surface area contributed by atoms with Crippen molar-refractivity contribution in [2.24, 2.45) is 0 Å². The molecule has 0 bridgehead atoms. The monoisotopic (exact) mass is 132 g/mol. The molecule has 0 amide bonds. The van der Waals surface area contributed by atoms with Crippen LogP contribution in [0.3, 0.4) is 0 Å². The fourth-order valence-corrected chi connectivity index (χ4v) is 0. The Bertz CT molecular complexity index is 24.1. The van der Waals surface area contributed by atoms with E-state index in [0.717, 1.165) is 5.88 Å². The first-order chi connectivity index (χ1) is 3.15. The van der Waals surface area contributed by atoms with Crippen molar-refractivity contribution in [2.45, 2.75) is 6.92 Å². The van der Waals surface area contributed by atoms with Gasteiger partial charge in [0.25, 0.3) is 0 Å². The van der Waals surface area contributed by atoms with Gasteiger partial charge in [0.05, 0.1) is 0 Å². The van der Waals surface area contributed by atoms with Gasteiger partial charge in [0.1, 0.15) is 0 Å². The van der Waals surface area contributed by atoms with Gasteiger partial charge in [0.2, 0.25) is 0 Å². The average Bonchev–Trinajstić information content (AvgIpc) is 1.33. The number of hydrogen-bond acceptors (Lipinski definition) is 0. The van der Waals surface area contributed by atoms with Crippen molar-refractivity contribution in [3.05, 3.63) is 0 Å². The lowest BCUT2D eigenvalue weighted by atomic mass is 10.5. The maximum absolute atomic E-state index is 9.67. The normalized spacial score (nSPS) is 6.43. The largest absolute Gasteiger partial charge is 0.762 e.